The van der Waals surface area contributed by atoms with Crippen LogP contribution in [-0.4, -0.2) is 93.4 Å². The number of Topliss-reactive ketones (excluding diaryl/α,β-unsaturated/α-hetero) is 2. The van der Waals surface area contributed by atoms with Crippen LogP contribution in [-0.2, 0) is 27.3 Å². The van der Waals surface area contributed by atoms with Crippen LogP contribution >= 0.6 is 0 Å². The maximum Gasteiger partial charge on any atom is 0.160 e. The smallest absolute Gasteiger partial charge is 0.160 e. The number of phenolic OH excluding ortho intramolecular Hbond substituents is 1. The lowest BCUT2D eigenvalue weighted by Gasteiger charge is -2.76. The lowest BCUT2D eigenvalue weighted by molar-refractivity contribution is -0.259. The van der Waals surface area contributed by atoms with Gasteiger partial charge in [-0.05, 0) is 264 Å². The van der Waals surface area contributed by atoms with E-state index in [9.17, 15) is 25.5 Å². The highest BCUT2D eigenvalue weighted by atomic mass is 16.6. The van der Waals surface area contributed by atoms with Gasteiger partial charge in [0.25, 0.3) is 0 Å². The van der Waals surface area contributed by atoms with E-state index in [1.807, 2.05) is 26.1 Å². The van der Waals surface area contributed by atoms with Gasteiger partial charge in [-0.25, -0.2) is 0 Å². The first kappa shape index (κ1) is 59.5. The number of nitrogens with two attached hydrogens (primary N) is 1. The molecule has 2 heterocycles. The van der Waals surface area contributed by atoms with Crippen LogP contribution in [0.5, 0.6) is 5.75 Å². The maximum absolute atomic E-state index is 16.7. The number of anilines is 1. The molecule has 0 amide bonds. The molecule has 84 heavy (non-hydrogen) atoms. The molecule has 2 aliphatic heterocycles. The highest BCUT2D eigenvalue weighted by molar-refractivity contribution is 6.01. The zero-order valence-corrected chi connectivity index (χ0v) is 52.0. The van der Waals surface area contributed by atoms with E-state index < -0.39 is 44.9 Å². The van der Waals surface area contributed by atoms with E-state index in [4.69, 9.17) is 10.5 Å². The van der Waals surface area contributed by atoms with Gasteiger partial charge in [-0.15, -0.1) is 0 Å². The molecule has 6 saturated carbocycles. The van der Waals surface area contributed by atoms with E-state index in [-0.39, 0.29) is 96.1 Å². The summed E-state index contributed by atoms with van der Waals surface area (Å²) < 4.78 is 6.94. The number of epoxide rings is 1. The Hall–Kier alpha value is -3.42. The molecule has 6 bridgehead atoms. The molecule has 0 radical (unpaired) electrons. The fourth-order valence-electron chi connectivity index (χ4n) is 23.9. The van der Waals surface area contributed by atoms with E-state index >= 15 is 9.59 Å². The molecule has 2 spiro atoms. The van der Waals surface area contributed by atoms with Gasteiger partial charge in [0.2, 0.25) is 0 Å². The zero-order chi connectivity index (χ0) is 58.9. The molecule has 14 rings (SSSR count). The number of ketones is 2. The third-order valence-corrected chi connectivity index (χ3v) is 26.7. The van der Waals surface area contributed by atoms with Gasteiger partial charge in [0.15, 0.2) is 5.78 Å². The van der Waals surface area contributed by atoms with E-state index in [1.165, 1.54) is 16.7 Å². The van der Waals surface area contributed by atoms with Crippen LogP contribution in [0.1, 0.15) is 210 Å². The van der Waals surface area contributed by atoms with Gasteiger partial charge in [0, 0.05) is 55.3 Å². The maximum atomic E-state index is 16.7. The van der Waals surface area contributed by atoms with Gasteiger partial charge >= 0.3 is 0 Å². The summed E-state index contributed by atoms with van der Waals surface area (Å²) in [6, 6.07) is 12.5. The first-order valence-corrected chi connectivity index (χ1v) is 34.1. The number of hydrogen-bond donors (Lipinski definition) is 8. The third-order valence-electron chi connectivity index (χ3n) is 26.7. The van der Waals surface area contributed by atoms with Crippen LogP contribution in [0, 0.1) is 86.8 Å². The van der Waals surface area contributed by atoms with Crippen molar-refractivity contribution in [3.8, 4) is 5.75 Å². The molecule has 20 unspecified atom stereocenters. The molecule has 460 valence electrons. The number of phenols is 1. The number of nitrogens with one attached hydrogen (secondary N) is 2. The standard InChI is InChI=1S/C73H105N3O8/c1-42(2)27-44-28-47(33-51(74)30-44)53-15-11-16-56(53)70(5)67(84-70)60(80)35-55-54-32-43(39-77)18-19-46(54)20-21-50(40-78)72-36-59-65-71(25-10-9-24-68(3,83)41-76-59)26-12-17-58(63(66(71)82)48-29-45(38-75-6)31-52(79)34-48)73(65,49-13-7-8-14-49)62(72)23-22-57-64(55)61(81)37-69(57,72)4/h12,17,28-31,33-34,42-43,46,49-50,53-56,58-60,62-63,65,67,75-80,83H,7-11,13-16,18-27,32,35-41,74H2,1-6H3. The minimum atomic E-state index is -0.956. The first-order valence-electron chi connectivity index (χ1n) is 34.1. The SMILES string of the molecule is CNCc1cc(O)cc(C2C(=O)C34CC=CC2C2(C5CCCC5)C3C(CC35C(CO)CCC6CCC(CO)CC6C(CC(O)C6OC6(C)C6CCCC6c6cc(N)cc(CC(C)C)c6)C6=C(CCC23)C5(C)CC6=O)NCC(C)(O)CCCC4)c1. The Bertz CT molecular complexity index is 2890. The van der Waals surface area contributed by atoms with Crippen LogP contribution in [0.25, 0.3) is 0 Å². The van der Waals surface area contributed by atoms with Crippen LogP contribution < -0.4 is 16.4 Å². The summed E-state index contributed by atoms with van der Waals surface area (Å²) in [4.78, 5) is 33.0. The number of fused-ring (bicyclic) bond motifs is 3. The summed E-state index contributed by atoms with van der Waals surface area (Å²) >= 11 is 0. The average Bonchev–Trinajstić information content (AvgIpc) is 1.08. The molecule has 2 aromatic carbocycles. The van der Waals surface area contributed by atoms with Gasteiger partial charge in [-0.1, -0.05) is 82.7 Å². The van der Waals surface area contributed by atoms with Crippen molar-refractivity contribution < 1.29 is 39.9 Å². The number of benzene rings is 2. The summed E-state index contributed by atoms with van der Waals surface area (Å²) in [7, 11) is 1.93. The number of β-amino-alcohol motifs (C(OH)–C–C–N with tert-alkyl or cyclic N) is 1. The molecule has 11 nitrogen and oxygen atoms in total. The van der Waals surface area contributed by atoms with Gasteiger partial charge in [0.05, 0.1) is 23.2 Å². The number of rotatable bonds is 13. The van der Waals surface area contributed by atoms with Crippen molar-refractivity contribution in [3.63, 3.8) is 0 Å². The number of carbonyl (C=O) groups is 2. The minimum Gasteiger partial charge on any atom is -0.508 e. The number of hydrogen-bond acceptors (Lipinski definition) is 11. The predicted octanol–water partition coefficient (Wildman–Crippen LogP) is 11.8. The normalized spacial score (nSPS) is 44.2. The second-order valence-corrected chi connectivity index (χ2v) is 31.6. The molecule has 8 fully saturated rings. The molecule has 12 aliphatic rings. The topological polar surface area (TPSA) is 198 Å². The Morgan fingerprint density at radius 2 is 1.63 bits per heavy atom. The number of ether oxygens (including phenoxy) is 1. The second-order valence-electron chi connectivity index (χ2n) is 31.6. The van der Waals surface area contributed by atoms with E-state index in [0.29, 0.717) is 56.4 Å². The van der Waals surface area contributed by atoms with Crippen molar-refractivity contribution in [2.75, 3.05) is 32.5 Å². The van der Waals surface area contributed by atoms with Crippen LogP contribution in [0.2, 0.25) is 0 Å². The quantitative estimate of drug-likeness (QED) is 0.0540. The molecule has 20 atom stereocenters. The van der Waals surface area contributed by atoms with Gasteiger partial charge in [-0.3, -0.25) is 9.59 Å². The average molecular weight is 1150 g/mol. The molecule has 0 aromatic heterocycles. The Morgan fingerprint density at radius 1 is 0.857 bits per heavy atom. The number of nitrogen functional groups attached to an aromatic ring is 1. The van der Waals surface area contributed by atoms with Crippen molar-refractivity contribution in [2.45, 2.75) is 230 Å². The number of aliphatic hydroxyl groups excluding tert-OH is 3. The Labute approximate surface area is 502 Å². The first-order chi connectivity index (χ1) is 40.3. The van der Waals surface area contributed by atoms with Gasteiger partial charge < -0.3 is 46.6 Å². The van der Waals surface area contributed by atoms with E-state index in [1.54, 1.807) is 0 Å². The van der Waals surface area contributed by atoms with Crippen molar-refractivity contribution >= 4 is 17.3 Å². The van der Waals surface area contributed by atoms with E-state index in [0.717, 1.165) is 144 Å². The van der Waals surface area contributed by atoms with Crippen LogP contribution in [0.4, 0.5) is 5.69 Å². The van der Waals surface area contributed by atoms with Crippen LogP contribution in [0.15, 0.2) is 59.7 Å². The van der Waals surface area contributed by atoms with Crippen molar-refractivity contribution in [1.29, 1.82) is 0 Å². The number of aromatic hydroxyl groups is 1. The Morgan fingerprint density at radius 3 is 2.39 bits per heavy atom. The Kier molecular flexibility index (Phi) is 15.8. The number of allylic oxidation sites excluding steroid dienone is 4. The fraction of sp³-hybridized carbons (Fsp3) is 0.753. The zero-order valence-electron chi connectivity index (χ0n) is 52.0. The van der Waals surface area contributed by atoms with Gasteiger partial charge in [-0.2, -0.15) is 0 Å². The van der Waals surface area contributed by atoms with E-state index in [2.05, 4.69) is 74.7 Å². The molecule has 2 saturated heterocycles. The Balaban J connectivity index is 0.964. The predicted molar refractivity (Wildman–Crippen MR) is 330 cm³/mol. The van der Waals surface area contributed by atoms with Crippen molar-refractivity contribution in [3.05, 3.63) is 82.0 Å². The summed E-state index contributed by atoms with van der Waals surface area (Å²) in [5, 5.41) is 68.3. The summed E-state index contributed by atoms with van der Waals surface area (Å²) in [6.45, 7) is 12.3. The molecule has 2 aromatic rings. The molecule has 9 N–H and O–H groups in total. The highest BCUT2D eigenvalue weighted by Crippen LogP contribution is 2.82. The summed E-state index contributed by atoms with van der Waals surface area (Å²) in [5.41, 5.74) is 10.3. The summed E-state index contributed by atoms with van der Waals surface area (Å²) in [6.07, 6.45) is 23.6. The fourth-order valence-corrected chi connectivity index (χ4v) is 23.9. The van der Waals surface area contributed by atoms with Crippen LogP contribution in [0.3, 0.4) is 0 Å². The monoisotopic (exact) mass is 1150 g/mol. The number of carbonyl (C=O) groups excluding carboxylic acids is 2. The minimum absolute atomic E-state index is 0.0137. The largest absolute Gasteiger partial charge is 0.508 e. The van der Waals surface area contributed by atoms with Crippen molar-refractivity contribution in [1.82, 2.24) is 10.6 Å². The molecule has 10 aliphatic carbocycles. The molecular formula is C73H105N3O8. The van der Waals surface area contributed by atoms with Gasteiger partial charge in [0.1, 0.15) is 17.6 Å². The highest BCUT2D eigenvalue weighted by Gasteiger charge is 2.80. The second kappa shape index (κ2) is 22.3. The lowest BCUT2D eigenvalue weighted by atomic mass is 9.27. The molecule has 11 heteroatoms. The lowest BCUT2D eigenvalue weighted by Crippen LogP contribution is -2.76. The number of aliphatic hydroxyl groups is 4. The third kappa shape index (κ3) is 9.29. The summed E-state index contributed by atoms with van der Waals surface area (Å²) in [5.74, 6) is 1.56. The molecular weight excluding hydrogens is 1050 g/mol. The van der Waals surface area contributed by atoms with Crippen molar-refractivity contribution in [2.24, 2.45) is 86.8 Å².